The van der Waals surface area contributed by atoms with E-state index < -0.39 is 6.10 Å². The first-order valence-electron chi connectivity index (χ1n) is 6.22. The summed E-state index contributed by atoms with van der Waals surface area (Å²) in [6.45, 7) is 1.87. The number of halogens is 2. The minimum absolute atomic E-state index is 0.234. The van der Waals surface area contributed by atoms with Crippen LogP contribution in [0, 0.1) is 12.7 Å². The first-order valence-corrected chi connectivity index (χ1v) is 7.01. The first kappa shape index (κ1) is 14.2. The summed E-state index contributed by atoms with van der Waals surface area (Å²) < 4.78 is 14.0. The van der Waals surface area contributed by atoms with Crippen molar-refractivity contribution in [3.05, 3.63) is 69.4 Å². The predicted octanol–water partition coefficient (Wildman–Crippen LogP) is 4.04. The summed E-state index contributed by atoms with van der Waals surface area (Å²) in [6, 6.07) is 12.6. The Morgan fingerprint density at radius 2 is 1.95 bits per heavy atom. The van der Waals surface area contributed by atoms with E-state index in [1.807, 2.05) is 31.2 Å². The maximum Gasteiger partial charge on any atom is 0.123 e. The normalized spacial score (nSPS) is 12.4. The summed E-state index contributed by atoms with van der Waals surface area (Å²) in [4.78, 5) is 0. The van der Waals surface area contributed by atoms with Crippen LogP contribution in [-0.2, 0) is 12.8 Å². The van der Waals surface area contributed by atoms with Gasteiger partial charge >= 0.3 is 0 Å². The largest absolute Gasteiger partial charge is 0.392 e. The van der Waals surface area contributed by atoms with Gasteiger partial charge in [-0.3, -0.25) is 0 Å². The van der Waals surface area contributed by atoms with Crippen molar-refractivity contribution in [3.8, 4) is 0 Å². The van der Waals surface area contributed by atoms with Crippen molar-refractivity contribution in [2.24, 2.45) is 0 Å². The lowest BCUT2D eigenvalue weighted by Gasteiger charge is -2.13. The van der Waals surface area contributed by atoms with Crippen LogP contribution in [-0.4, -0.2) is 11.2 Å². The highest BCUT2D eigenvalue weighted by molar-refractivity contribution is 9.10. The molecule has 0 aromatic heterocycles. The molecule has 0 radical (unpaired) electrons. The van der Waals surface area contributed by atoms with Gasteiger partial charge in [0.15, 0.2) is 0 Å². The molecule has 0 aliphatic heterocycles. The Hall–Kier alpha value is -1.19. The number of aryl methyl sites for hydroxylation is 1. The number of hydrogen-bond donors (Lipinski definition) is 1. The van der Waals surface area contributed by atoms with Crippen molar-refractivity contribution in [2.45, 2.75) is 25.9 Å². The van der Waals surface area contributed by atoms with Crippen molar-refractivity contribution in [1.29, 1.82) is 0 Å². The molecule has 0 aliphatic carbocycles. The van der Waals surface area contributed by atoms with E-state index in [1.165, 1.54) is 12.1 Å². The zero-order valence-electron chi connectivity index (χ0n) is 10.7. The highest BCUT2D eigenvalue weighted by atomic mass is 79.9. The van der Waals surface area contributed by atoms with Crippen LogP contribution in [0.4, 0.5) is 4.39 Å². The van der Waals surface area contributed by atoms with Crippen LogP contribution in [0.3, 0.4) is 0 Å². The third kappa shape index (κ3) is 4.15. The molecule has 0 bridgehead atoms. The van der Waals surface area contributed by atoms with Crippen LogP contribution in [0.15, 0.2) is 46.9 Å². The molecule has 2 aromatic rings. The fraction of sp³-hybridized carbons (Fsp3) is 0.250. The van der Waals surface area contributed by atoms with Gasteiger partial charge in [0, 0.05) is 4.47 Å². The Morgan fingerprint density at radius 3 is 2.63 bits per heavy atom. The summed E-state index contributed by atoms with van der Waals surface area (Å²) >= 11 is 3.42. The van der Waals surface area contributed by atoms with Gasteiger partial charge in [-0.05, 0) is 60.7 Å². The minimum Gasteiger partial charge on any atom is -0.392 e. The highest BCUT2D eigenvalue weighted by Crippen LogP contribution is 2.16. The summed E-state index contributed by atoms with van der Waals surface area (Å²) in [5, 5.41) is 10.1. The van der Waals surface area contributed by atoms with Crippen molar-refractivity contribution < 1.29 is 9.50 Å². The topological polar surface area (TPSA) is 20.2 Å². The van der Waals surface area contributed by atoms with Gasteiger partial charge in [0.25, 0.3) is 0 Å². The number of benzene rings is 2. The number of hydrogen-bond acceptors (Lipinski definition) is 1. The average Bonchev–Trinajstić information content (AvgIpc) is 2.33. The zero-order valence-corrected chi connectivity index (χ0v) is 12.3. The molecular weight excluding hydrogens is 307 g/mol. The van der Waals surface area contributed by atoms with E-state index in [0.717, 1.165) is 21.2 Å². The monoisotopic (exact) mass is 322 g/mol. The SMILES string of the molecule is Cc1cc(F)ccc1CC(O)Cc1cccc(Br)c1. The smallest absolute Gasteiger partial charge is 0.123 e. The van der Waals surface area contributed by atoms with Crippen LogP contribution in [0.2, 0.25) is 0 Å². The molecule has 0 amide bonds. The Morgan fingerprint density at radius 1 is 1.16 bits per heavy atom. The third-order valence-corrected chi connectivity index (χ3v) is 3.61. The standard InChI is InChI=1S/C16H16BrFO/c1-11-7-15(18)6-5-13(11)10-16(19)9-12-3-2-4-14(17)8-12/h2-8,16,19H,9-10H2,1H3. The zero-order chi connectivity index (χ0) is 13.8. The van der Waals surface area contributed by atoms with Gasteiger partial charge in [-0.2, -0.15) is 0 Å². The van der Waals surface area contributed by atoms with E-state index in [-0.39, 0.29) is 5.82 Å². The molecule has 0 saturated carbocycles. The van der Waals surface area contributed by atoms with Gasteiger partial charge in [0.1, 0.15) is 5.82 Å². The fourth-order valence-corrected chi connectivity index (χ4v) is 2.60. The molecule has 2 aromatic carbocycles. The lowest BCUT2D eigenvalue weighted by Crippen LogP contribution is -2.14. The fourth-order valence-electron chi connectivity index (χ4n) is 2.15. The molecule has 0 heterocycles. The molecule has 1 atom stereocenters. The van der Waals surface area contributed by atoms with Crippen molar-refractivity contribution in [2.75, 3.05) is 0 Å². The molecule has 100 valence electrons. The number of rotatable bonds is 4. The van der Waals surface area contributed by atoms with E-state index in [4.69, 9.17) is 0 Å². The Balaban J connectivity index is 2.03. The van der Waals surface area contributed by atoms with Gasteiger partial charge < -0.3 is 5.11 Å². The second kappa shape index (κ2) is 6.31. The van der Waals surface area contributed by atoms with Gasteiger partial charge in [0.05, 0.1) is 6.10 Å². The van der Waals surface area contributed by atoms with Crippen molar-refractivity contribution >= 4 is 15.9 Å². The maximum atomic E-state index is 13.0. The third-order valence-electron chi connectivity index (χ3n) is 3.12. The average molecular weight is 323 g/mol. The van der Waals surface area contributed by atoms with E-state index in [9.17, 15) is 9.50 Å². The maximum absolute atomic E-state index is 13.0. The van der Waals surface area contributed by atoms with E-state index in [1.54, 1.807) is 6.07 Å². The van der Waals surface area contributed by atoms with Gasteiger partial charge in [-0.1, -0.05) is 34.1 Å². The summed E-state index contributed by atoms with van der Waals surface area (Å²) in [5.41, 5.74) is 2.96. The Bertz CT molecular complexity index is 568. The minimum atomic E-state index is -0.460. The second-order valence-corrected chi connectivity index (χ2v) is 5.68. The predicted molar refractivity (Wildman–Crippen MR) is 78.7 cm³/mol. The second-order valence-electron chi connectivity index (χ2n) is 4.76. The molecule has 0 saturated heterocycles. The molecule has 0 aliphatic rings. The van der Waals surface area contributed by atoms with E-state index in [2.05, 4.69) is 15.9 Å². The lowest BCUT2D eigenvalue weighted by atomic mass is 9.98. The lowest BCUT2D eigenvalue weighted by molar-refractivity contribution is 0.175. The van der Waals surface area contributed by atoms with Gasteiger partial charge in [0.2, 0.25) is 0 Å². The molecule has 1 nitrogen and oxygen atoms in total. The Kier molecular flexibility index (Phi) is 4.72. The van der Waals surface area contributed by atoms with Crippen LogP contribution < -0.4 is 0 Å². The summed E-state index contributed by atoms with van der Waals surface area (Å²) in [7, 11) is 0. The van der Waals surface area contributed by atoms with Gasteiger partial charge in [-0.25, -0.2) is 4.39 Å². The van der Waals surface area contributed by atoms with Gasteiger partial charge in [-0.15, -0.1) is 0 Å². The molecule has 19 heavy (non-hydrogen) atoms. The summed E-state index contributed by atoms with van der Waals surface area (Å²) in [5.74, 6) is -0.234. The molecular formula is C16H16BrFO. The van der Waals surface area contributed by atoms with Crippen molar-refractivity contribution in [1.82, 2.24) is 0 Å². The number of aliphatic hydroxyl groups excluding tert-OH is 1. The molecule has 1 unspecified atom stereocenters. The molecule has 3 heteroatoms. The number of aliphatic hydroxyl groups is 1. The van der Waals surface area contributed by atoms with E-state index >= 15 is 0 Å². The highest BCUT2D eigenvalue weighted by Gasteiger charge is 2.09. The molecule has 1 N–H and O–H groups in total. The van der Waals surface area contributed by atoms with E-state index in [0.29, 0.717) is 12.8 Å². The quantitative estimate of drug-likeness (QED) is 0.900. The molecule has 2 rings (SSSR count). The van der Waals surface area contributed by atoms with Crippen LogP contribution in [0.5, 0.6) is 0 Å². The van der Waals surface area contributed by atoms with Crippen LogP contribution in [0.1, 0.15) is 16.7 Å². The van der Waals surface area contributed by atoms with Crippen LogP contribution in [0.25, 0.3) is 0 Å². The van der Waals surface area contributed by atoms with Crippen molar-refractivity contribution in [3.63, 3.8) is 0 Å². The van der Waals surface area contributed by atoms with Crippen LogP contribution >= 0.6 is 15.9 Å². The first-order chi connectivity index (χ1) is 9.04. The Labute approximate surface area is 121 Å². The summed E-state index contributed by atoms with van der Waals surface area (Å²) in [6.07, 6.45) is 0.674. The molecule has 0 fully saturated rings. The molecule has 0 spiro atoms.